The minimum Gasteiger partial charge on any atom is -0.476 e. The van der Waals surface area contributed by atoms with Crippen LogP contribution in [0.3, 0.4) is 0 Å². The van der Waals surface area contributed by atoms with Gasteiger partial charge in [0.2, 0.25) is 0 Å². The van der Waals surface area contributed by atoms with E-state index in [4.69, 9.17) is 9.84 Å². The molecule has 2 heterocycles. The Morgan fingerprint density at radius 2 is 2.33 bits per heavy atom. The highest BCUT2D eigenvalue weighted by Crippen LogP contribution is 2.21. The van der Waals surface area contributed by atoms with E-state index in [0.29, 0.717) is 11.9 Å². The number of hydrogen-bond donors (Lipinski definition) is 1. The standard InChI is InChI=1S/C13H14N2O3/c16-13(17)12-10-5-1-2-6-11(10)15(14-12)8-9-4-3-7-18-9/h1-2,5-6,9H,3-4,7-8H2,(H,16,17)/t9-/m0/s1. The van der Waals surface area contributed by atoms with Gasteiger partial charge in [0.25, 0.3) is 0 Å². The van der Waals surface area contributed by atoms with Gasteiger partial charge in [-0.05, 0) is 18.9 Å². The van der Waals surface area contributed by atoms with Gasteiger partial charge in [-0.15, -0.1) is 0 Å². The van der Waals surface area contributed by atoms with Gasteiger partial charge >= 0.3 is 5.97 Å². The summed E-state index contributed by atoms with van der Waals surface area (Å²) in [5.74, 6) is -0.989. The van der Waals surface area contributed by atoms with E-state index < -0.39 is 5.97 Å². The van der Waals surface area contributed by atoms with E-state index in [0.717, 1.165) is 25.0 Å². The minimum absolute atomic E-state index is 0.114. The molecule has 0 spiro atoms. The molecule has 5 heteroatoms. The minimum atomic E-state index is -0.989. The first kappa shape index (κ1) is 11.2. The summed E-state index contributed by atoms with van der Waals surface area (Å²) in [6.45, 7) is 1.41. The number of fused-ring (bicyclic) bond motifs is 1. The van der Waals surface area contributed by atoms with Gasteiger partial charge in [-0.25, -0.2) is 4.79 Å². The van der Waals surface area contributed by atoms with Crippen LogP contribution in [0.15, 0.2) is 24.3 Å². The van der Waals surface area contributed by atoms with Gasteiger partial charge in [0, 0.05) is 12.0 Å². The largest absolute Gasteiger partial charge is 0.476 e. The lowest BCUT2D eigenvalue weighted by molar-refractivity contribution is 0.0687. The number of aromatic carboxylic acids is 1. The van der Waals surface area contributed by atoms with E-state index >= 15 is 0 Å². The van der Waals surface area contributed by atoms with E-state index in [2.05, 4.69) is 5.10 Å². The van der Waals surface area contributed by atoms with Gasteiger partial charge in [-0.3, -0.25) is 4.68 Å². The molecular weight excluding hydrogens is 232 g/mol. The van der Waals surface area contributed by atoms with E-state index in [1.807, 2.05) is 18.2 Å². The van der Waals surface area contributed by atoms with E-state index in [9.17, 15) is 4.79 Å². The molecule has 1 fully saturated rings. The Labute approximate surface area is 104 Å². The fourth-order valence-electron chi connectivity index (χ4n) is 2.41. The van der Waals surface area contributed by atoms with Gasteiger partial charge in [0.05, 0.1) is 18.2 Å². The second kappa shape index (κ2) is 4.42. The number of carboxylic acids is 1. The van der Waals surface area contributed by atoms with Crippen molar-refractivity contribution in [2.24, 2.45) is 0 Å². The average molecular weight is 246 g/mol. The third kappa shape index (κ3) is 1.86. The van der Waals surface area contributed by atoms with E-state index in [1.54, 1.807) is 10.7 Å². The number of carbonyl (C=O) groups is 1. The normalized spacial score (nSPS) is 19.4. The van der Waals surface area contributed by atoms with Crippen molar-refractivity contribution in [3.63, 3.8) is 0 Å². The zero-order chi connectivity index (χ0) is 12.5. The smallest absolute Gasteiger partial charge is 0.357 e. The molecule has 94 valence electrons. The molecular formula is C13H14N2O3. The Hall–Kier alpha value is -1.88. The lowest BCUT2D eigenvalue weighted by Gasteiger charge is -2.09. The quantitative estimate of drug-likeness (QED) is 0.898. The first-order chi connectivity index (χ1) is 8.75. The summed E-state index contributed by atoms with van der Waals surface area (Å²) in [4.78, 5) is 11.2. The Morgan fingerprint density at radius 3 is 3.06 bits per heavy atom. The second-order valence-corrected chi connectivity index (χ2v) is 4.49. The Kier molecular flexibility index (Phi) is 2.76. The summed E-state index contributed by atoms with van der Waals surface area (Å²) in [5, 5.41) is 14.0. The van der Waals surface area contributed by atoms with Crippen molar-refractivity contribution in [2.45, 2.75) is 25.5 Å². The molecule has 0 radical (unpaired) electrons. The topological polar surface area (TPSA) is 64.3 Å². The molecule has 1 aromatic carbocycles. The van der Waals surface area contributed by atoms with Gasteiger partial charge in [0.15, 0.2) is 5.69 Å². The fraction of sp³-hybridized carbons (Fsp3) is 0.385. The van der Waals surface area contributed by atoms with Gasteiger partial charge in [-0.2, -0.15) is 5.10 Å². The SMILES string of the molecule is O=C(O)c1nn(C[C@@H]2CCCO2)c2ccccc12. The number of aromatic nitrogens is 2. The molecule has 0 saturated carbocycles. The highest BCUT2D eigenvalue weighted by molar-refractivity contribution is 6.01. The highest BCUT2D eigenvalue weighted by atomic mass is 16.5. The van der Waals surface area contributed by atoms with Crippen LogP contribution in [0.1, 0.15) is 23.3 Å². The molecule has 1 saturated heterocycles. The van der Waals surface area contributed by atoms with Crippen LogP contribution in [0.5, 0.6) is 0 Å². The van der Waals surface area contributed by atoms with Gasteiger partial charge < -0.3 is 9.84 Å². The van der Waals surface area contributed by atoms with Gasteiger partial charge in [-0.1, -0.05) is 18.2 Å². The molecule has 1 aliphatic rings. The zero-order valence-electron chi connectivity index (χ0n) is 9.87. The van der Waals surface area contributed by atoms with Crippen LogP contribution >= 0.6 is 0 Å². The monoisotopic (exact) mass is 246 g/mol. The summed E-state index contributed by atoms with van der Waals surface area (Å²) in [6, 6.07) is 7.40. The van der Waals surface area contributed by atoms with Crippen molar-refractivity contribution in [1.29, 1.82) is 0 Å². The van der Waals surface area contributed by atoms with Crippen LogP contribution in [0.4, 0.5) is 0 Å². The maximum absolute atomic E-state index is 11.2. The second-order valence-electron chi connectivity index (χ2n) is 4.49. The fourth-order valence-corrected chi connectivity index (χ4v) is 2.41. The van der Waals surface area contributed by atoms with Crippen LogP contribution in [-0.4, -0.2) is 33.6 Å². The third-order valence-corrected chi connectivity index (χ3v) is 3.26. The van der Waals surface area contributed by atoms with Crippen LogP contribution in [0, 0.1) is 0 Å². The number of carboxylic acid groups (broad SMARTS) is 1. The molecule has 0 bridgehead atoms. The first-order valence-corrected chi connectivity index (χ1v) is 6.06. The number of hydrogen-bond acceptors (Lipinski definition) is 3. The number of para-hydroxylation sites is 1. The van der Waals surface area contributed by atoms with Crippen LogP contribution in [0.2, 0.25) is 0 Å². The Balaban J connectivity index is 2.02. The molecule has 1 atom stereocenters. The highest BCUT2D eigenvalue weighted by Gasteiger charge is 2.20. The van der Waals surface area contributed by atoms with Crippen LogP contribution in [0.25, 0.3) is 10.9 Å². The Bertz CT molecular complexity index is 585. The van der Waals surface area contributed by atoms with Crippen molar-refractivity contribution >= 4 is 16.9 Å². The number of rotatable bonds is 3. The maximum atomic E-state index is 11.2. The van der Waals surface area contributed by atoms with Crippen molar-refractivity contribution in [3.05, 3.63) is 30.0 Å². The summed E-state index contributed by atoms with van der Waals surface area (Å²) in [6.07, 6.45) is 2.22. The third-order valence-electron chi connectivity index (χ3n) is 3.26. The summed E-state index contributed by atoms with van der Waals surface area (Å²) in [5.41, 5.74) is 0.967. The summed E-state index contributed by atoms with van der Waals surface area (Å²) in [7, 11) is 0. The predicted octanol–water partition coefficient (Wildman–Crippen LogP) is 1.91. The van der Waals surface area contributed by atoms with Crippen molar-refractivity contribution in [3.8, 4) is 0 Å². The van der Waals surface area contributed by atoms with Crippen LogP contribution < -0.4 is 0 Å². The predicted molar refractivity (Wildman–Crippen MR) is 65.7 cm³/mol. The molecule has 1 N–H and O–H groups in total. The number of nitrogens with zero attached hydrogens (tertiary/aromatic N) is 2. The molecule has 0 unspecified atom stereocenters. The molecule has 5 nitrogen and oxygen atoms in total. The molecule has 18 heavy (non-hydrogen) atoms. The first-order valence-electron chi connectivity index (χ1n) is 6.06. The van der Waals surface area contributed by atoms with E-state index in [1.165, 1.54) is 0 Å². The number of benzene rings is 1. The Morgan fingerprint density at radius 1 is 1.50 bits per heavy atom. The average Bonchev–Trinajstić information content (AvgIpc) is 2.98. The zero-order valence-corrected chi connectivity index (χ0v) is 9.87. The molecule has 3 rings (SSSR count). The van der Waals surface area contributed by atoms with E-state index in [-0.39, 0.29) is 11.8 Å². The van der Waals surface area contributed by atoms with Crippen LogP contribution in [-0.2, 0) is 11.3 Å². The summed E-state index contributed by atoms with van der Waals surface area (Å²) < 4.78 is 7.31. The summed E-state index contributed by atoms with van der Waals surface area (Å²) >= 11 is 0. The number of ether oxygens (including phenoxy) is 1. The molecule has 1 aromatic heterocycles. The molecule has 0 aliphatic carbocycles. The van der Waals surface area contributed by atoms with Crippen molar-refractivity contribution in [1.82, 2.24) is 9.78 Å². The van der Waals surface area contributed by atoms with Crippen molar-refractivity contribution in [2.75, 3.05) is 6.61 Å². The molecule has 1 aliphatic heterocycles. The molecule has 2 aromatic rings. The lowest BCUT2D eigenvalue weighted by atomic mass is 10.2. The van der Waals surface area contributed by atoms with Gasteiger partial charge in [0.1, 0.15) is 0 Å². The lowest BCUT2D eigenvalue weighted by Crippen LogP contribution is -2.16. The van der Waals surface area contributed by atoms with Crippen molar-refractivity contribution < 1.29 is 14.6 Å². The maximum Gasteiger partial charge on any atom is 0.357 e. The molecule has 0 amide bonds.